The Balaban J connectivity index is 0.000000176. The molecule has 10 heteroatoms. The minimum Gasteiger partial charge on any atom is -0.459 e. The van der Waals surface area contributed by atoms with Crippen LogP contribution in [-0.2, 0) is 42.8 Å². The second-order valence-electron chi connectivity index (χ2n) is 16.1. The van der Waals surface area contributed by atoms with Crippen LogP contribution in [0, 0.1) is 41.4 Å². The average Bonchev–Trinajstić information content (AvgIpc) is 4.13. The Morgan fingerprint density at radius 3 is 1.71 bits per heavy atom. The Labute approximate surface area is 337 Å². The molecule has 0 aromatic rings. The minimum atomic E-state index is -3.13. The van der Waals surface area contributed by atoms with Gasteiger partial charge in [-0.25, -0.2) is 0 Å². The van der Waals surface area contributed by atoms with Crippen LogP contribution in [0.15, 0.2) is 0 Å². The molecule has 9 nitrogen and oxygen atoms in total. The predicted molar refractivity (Wildman–Crippen MR) is 221 cm³/mol. The molecule has 5 aliphatic carbocycles. The molecule has 0 N–H and O–H groups in total. The molecule has 12 fully saturated rings. The molecule has 324 valence electrons. The summed E-state index contributed by atoms with van der Waals surface area (Å²) < 4.78 is 54.4. The first kappa shape index (κ1) is 48.6. The normalized spacial score (nSPS) is 41.7. The van der Waals surface area contributed by atoms with Gasteiger partial charge in [0, 0.05) is 32.2 Å². The molecular weight excluding hydrogens is 717 g/mol. The zero-order valence-electron chi connectivity index (χ0n) is 36.8. The van der Waals surface area contributed by atoms with E-state index in [1.54, 1.807) is 0 Å². The van der Waals surface area contributed by atoms with Gasteiger partial charge in [0.1, 0.15) is 12.2 Å². The van der Waals surface area contributed by atoms with Gasteiger partial charge in [0.15, 0.2) is 0 Å². The van der Waals surface area contributed by atoms with Crippen molar-refractivity contribution in [1.82, 2.24) is 0 Å². The molecule has 7 saturated heterocycles. The summed E-state index contributed by atoms with van der Waals surface area (Å²) in [6.07, 6.45) is 22.0. The van der Waals surface area contributed by atoms with Crippen LogP contribution in [0.4, 0.5) is 0 Å². The molecule has 0 aromatic heterocycles. The van der Waals surface area contributed by atoms with Crippen molar-refractivity contribution in [3.05, 3.63) is 0 Å². The number of rotatable bonds is 0. The van der Waals surface area contributed by atoms with Crippen molar-refractivity contribution in [2.45, 2.75) is 214 Å². The Kier molecular flexibility index (Phi) is 22.1. The van der Waals surface area contributed by atoms with Gasteiger partial charge in [0.25, 0.3) is 10.1 Å². The van der Waals surface area contributed by atoms with Crippen molar-refractivity contribution in [2.75, 3.05) is 26.4 Å². The molecule has 0 amide bonds. The zero-order chi connectivity index (χ0) is 40.5. The standard InChI is InChI=1S/C8H12O.C7H10O3S.C7H8O3.C7H12O.C6H12O.5C2H6/c1-5-2-7-6(1)4-9-8(7)3-5;8-11(9)7-3-4-1-5(7)6(2-4)10-11;8-7-4-1-3-2-5(10-7)6(4)9-3;1-2-6-4-7(3-1)8-5-6;1-2-4-6-7-5-3-1;5*1-2/h5-8H,1-4H2;4-7H,1-3H2;3-6H,1-2H2;6-7H,1-5H2;1-6H2;5*1-2H3. The van der Waals surface area contributed by atoms with Gasteiger partial charge in [0.05, 0.1) is 42.2 Å². The smallest absolute Gasteiger partial charge is 0.312 e. The van der Waals surface area contributed by atoms with Crippen LogP contribution < -0.4 is 0 Å². The maximum atomic E-state index is 11.3. The predicted octanol–water partition coefficient (Wildman–Crippen LogP) is 10.3. The number of hydrogen-bond acceptors (Lipinski definition) is 9. The largest absolute Gasteiger partial charge is 0.459 e. The van der Waals surface area contributed by atoms with Gasteiger partial charge in [-0.1, -0.05) is 88.5 Å². The third-order valence-corrected chi connectivity index (χ3v) is 14.9. The summed E-state index contributed by atoms with van der Waals surface area (Å²) in [6.45, 7) is 24.1. The average molecular weight is 801 g/mol. The second-order valence-corrected chi connectivity index (χ2v) is 17.8. The zero-order valence-corrected chi connectivity index (χ0v) is 37.6. The highest BCUT2D eigenvalue weighted by Gasteiger charge is 2.59. The fourth-order valence-corrected chi connectivity index (χ4v) is 12.8. The first-order valence-electron chi connectivity index (χ1n) is 23.5. The van der Waals surface area contributed by atoms with Crippen molar-refractivity contribution in [1.29, 1.82) is 0 Å². The molecule has 14 unspecified atom stereocenters. The molecule has 14 atom stereocenters. The molecule has 0 aromatic carbocycles. The topological polar surface area (TPSA) is 107 Å². The van der Waals surface area contributed by atoms with Crippen LogP contribution in [0.3, 0.4) is 0 Å². The first-order chi connectivity index (χ1) is 26.9. The molecule has 0 spiro atoms. The SMILES string of the molecule is C1CC2COC(C1)C2.C1CCCOCC1.C1OC2CC3CC1C2C3.CC.CC.CC.CC.CC.O=C1OC2CC3CC1C2O3.O=S1(=O)OC2CC3CC2C1C3. The molecular formula is C45H84O9S. The van der Waals surface area contributed by atoms with Crippen LogP contribution in [0.5, 0.6) is 0 Å². The molecule has 0 radical (unpaired) electrons. The molecule has 8 bridgehead atoms. The van der Waals surface area contributed by atoms with Gasteiger partial charge < -0.3 is 23.7 Å². The molecule has 7 aliphatic heterocycles. The van der Waals surface area contributed by atoms with E-state index in [9.17, 15) is 13.2 Å². The maximum absolute atomic E-state index is 11.3. The van der Waals surface area contributed by atoms with Crippen molar-refractivity contribution in [2.24, 2.45) is 41.4 Å². The summed E-state index contributed by atoms with van der Waals surface area (Å²) >= 11 is 0. The van der Waals surface area contributed by atoms with Gasteiger partial charge in [-0.15, -0.1) is 0 Å². The van der Waals surface area contributed by atoms with E-state index in [0.29, 0.717) is 30.1 Å². The van der Waals surface area contributed by atoms with E-state index in [1.807, 2.05) is 69.2 Å². The Morgan fingerprint density at radius 2 is 1.20 bits per heavy atom. The van der Waals surface area contributed by atoms with Gasteiger partial charge in [-0.05, 0) is 107 Å². The van der Waals surface area contributed by atoms with Crippen LogP contribution in [0.1, 0.15) is 172 Å². The maximum Gasteiger partial charge on any atom is 0.312 e. The third kappa shape index (κ3) is 12.6. The minimum absolute atomic E-state index is 0.0324. The van der Waals surface area contributed by atoms with Gasteiger partial charge in [0.2, 0.25) is 0 Å². The second kappa shape index (κ2) is 25.0. The quantitative estimate of drug-likeness (QED) is 0.175. The lowest BCUT2D eigenvalue weighted by Crippen LogP contribution is -2.22. The Morgan fingerprint density at radius 1 is 0.545 bits per heavy atom. The molecule has 12 aliphatic rings. The summed E-state index contributed by atoms with van der Waals surface area (Å²) in [6, 6.07) is 0. The highest BCUT2D eigenvalue weighted by molar-refractivity contribution is 7.87. The van der Waals surface area contributed by atoms with Crippen LogP contribution in [-0.4, -0.2) is 82.7 Å². The van der Waals surface area contributed by atoms with Crippen molar-refractivity contribution < 1.29 is 41.1 Å². The number of fused-ring (bicyclic) bond motifs is 5. The fraction of sp³-hybridized carbons (Fsp3) is 0.978. The van der Waals surface area contributed by atoms with E-state index in [0.717, 1.165) is 82.2 Å². The summed E-state index contributed by atoms with van der Waals surface area (Å²) in [5.74, 6) is 5.03. The van der Waals surface area contributed by atoms with E-state index >= 15 is 0 Å². The lowest BCUT2D eigenvalue weighted by Gasteiger charge is -2.14. The monoisotopic (exact) mass is 801 g/mol. The molecule has 7 heterocycles. The lowest BCUT2D eigenvalue weighted by atomic mass is 9.90. The van der Waals surface area contributed by atoms with E-state index in [2.05, 4.69) is 0 Å². The Bertz CT molecular complexity index is 1110. The van der Waals surface area contributed by atoms with Crippen molar-refractivity contribution in [3.8, 4) is 0 Å². The van der Waals surface area contributed by atoms with Crippen LogP contribution in [0.2, 0.25) is 0 Å². The van der Waals surface area contributed by atoms with E-state index in [1.165, 1.54) is 70.6 Å². The summed E-state index contributed by atoms with van der Waals surface area (Å²) in [5.41, 5.74) is 0. The van der Waals surface area contributed by atoms with E-state index < -0.39 is 10.1 Å². The van der Waals surface area contributed by atoms with Gasteiger partial charge in [-0.2, -0.15) is 8.42 Å². The number of esters is 1. The van der Waals surface area contributed by atoms with Crippen molar-refractivity contribution in [3.63, 3.8) is 0 Å². The van der Waals surface area contributed by atoms with E-state index in [4.69, 9.17) is 27.9 Å². The van der Waals surface area contributed by atoms with E-state index in [-0.39, 0.29) is 35.4 Å². The summed E-state index contributed by atoms with van der Waals surface area (Å²) in [4.78, 5) is 11.0. The summed E-state index contributed by atoms with van der Waals surface area (Å²) in [5, 5.41) is -0.133. The van der Waals surface area contributed by atoms with Crippen LogP contribution in [0.25, 0.3) is 0 Å². The van der Waals surface area contributed by atoms with Crippen LogP contribution >= 0.6 is 0 Å². The summed E-state index contributed by atoms with van der Waals surface area (Å²) in [7, 11) is -3.13. The number of hydrogen-bond donors (Lipinski definition) is 0. The Hall–Kier alpha value is -0.780. The van der Waals surface area contributed by atoms with Gasteiger partial charge >= 0.3 is 5.97 Å². The molecule has 12 rings (SSSR count). The molecule has 55 heavy (non-hydrogen) atoms. The number of ether oxygens (including phenoxy) is 5. The highest BCUT2D eigenvalue weighted by atomic mass is 32.2. The number of carbonyl (C=O) groups is 1. The highest BCUT2D eigenvalue weighted by Crippen LogP contribution is 2.55. The van der Waals surface area contributed by atoms with Gasteiger partial charge in [-0.3, -0.25) is 8.98 Å². The fourth-order valence-electron chi connectivity index (χ4n) is 10.9. The number of carbonyl (C=O) groups excluding carboxylic acids is 1. The first-order valence-corrected chi connectivity index (χ1v) is 25.0. The molecule has 5 saturated carbocycles. The van der Waals surface area contributed by atoms with Crippen molar-refractivity contribution >= 4 is 16.1 Å². The third-order valence-electron chi connectivity index (χ3n) is 13.1. The lowest BCUT2D eigenvalue weighted by molar-refractivity contribution is -0.143.